The number of hydrogen-bond donors (Lipinski definition) is 1. The van der Waals surface area contributed by atoms with Gasteiger partial charge in [-0.05, 0) is 42.5 Å². The highest BCUT2D eigenvalue weighted by Crippen LogP contribution is 2.35. The van der Waals surface area contributed by atoms with Crippen molar-refractivity contribution < 1.29 is 13.9 Å². The van der Waals surface area contributed by atoms with Crippen molar-refractivity contribution in [2.45, 2.75) is 6.54 Å². The van der Waals surface area contributed by atoms with E-state index in [-0.39, 0.29) is 4.84 Å². The summed E-state index contributed by atoms with van der Waals surface area (Å²) in [5, 5.41) is 7.56. The maximum Gasteiger partial charge on any atom is 0.284 e. The second kappa shape index (κ2) is 7.46. The molecule has 144 valence electrons. The van der Waals surface area contributed by atoms with Crippen molar-refractivity contribution in [3.05, 3.63) is 51.1 Å². The number of benzene rings is 2. The van der Waals surface area contributed by atoms with Crippen molar-refractivity contribution in [3.8, 4) is 22.9 Å². The summed E-state index contributed by atoms with van der Waals surface area (Å²) in [6.45, 7) is 0.297. The third-order valence-electron chi connectivity index (χ3n) is 4.21. The highest BCUT2D eigenvalue weighted by molar-refractivity contribution is 7.71. The van der Waals surface area contributed by atoms with Gasteiger partial charge in [0.1, 0.15) is 12.4 Å². The number of imidazole rings is 1. The van der Waals surface area contributed by atoms with Crippen LogP contribution in [-0.4, -0.2) is 34.0 Å². The molecule has 2 heterocycles. The Morgan fingerprint density at radius 1 is 1.11 bits per heavy atom. The molecule has 4 aromatic rings. The molecule has 1 N–H and O–H groups in total. The van der Waals surface area contributed by atoms with Gasteiger partial charge in [0, 0.05) is 5.56 Å². The zero-order chi connectivity index (χ0) is 19.8. The number of H-pyrrole nitrogens is 1. The van der Waals surface area contributed by atoms with Gasteiger partial charge in [-0.3, -0.25) is 0 Å². The molecule has 2 aromatic heterocycles. The number of ether oxygens (including phenoxy) is 2. The third-order valence-corrected chi connectivity index (χ3v) is 5.10. The van der Waals surface area contributed by atoms with E-state index in [9.17, 15) is 0 Å². The Morgan fingerprint density at radius 3 is 2.54 bits per heavy atom. The molecule has 28 heavy (non-hydrogen) atoms. The fourth-order valence-electron chi connectivity index (χ4n) is 2.94. The minimum Gasteiger partial charge on any atom is -0.493 e. The van der Waals surface area contributed by atoms with Gasteiger partial charge < -0.3 is 18.5 Å². The normalized spacial score (nSPS) is 11.1. The smallest absolute Gasteiger partial charge is 0.284 e. The van der Waals surface area contributed by atoms with Crippen LogP contribution in [0.5, 0.6) is 11.5 Å². The Labute approximate surface area is 174 Å². The standard InChI is InChI=1S/C18H14Cl2N4O3S/c1-25-14-4-3-9(5-15(14)26-2)17-21-12-6-10(19)11(20)7-13(12)24(17)8-16-22-23-18(28)27-16/h3-7H,8H2,1-2H3,(H,23,28). The molecule has 10 heteroatoms. The molecule has 0 bridgehead atoms. The average molecular weight is 437 g/mol. The number of nitrogens with zero attached hydrogens (tertiary/aromatic N) is 3. The van der Waals surface area contributed by atoms with Gasteiger partial charge >= 0.3 is 0 Å². The maximum absolute atomic E-state index is 6.24. The highest BCUT2D eigenvalue weighted by atomic mass is 35.5. The second-order valence-corrected chi connectivity index (χ2v) is 7.04. The van der Waals surface area contributed by atoms with Crippen molar-refractivity contribution in [1.29, 1.82) is 0 Å². The van der Waals surface area contributed by atoms with Crippen molar-refractivity contribution in [2.24, 2.45) is 0 Å². The fourth-order valence-corrected chi connectivity index (χ4v) is 3.40. The number of halogens is 2. The molecular weight excluding hydrogens is 423 g/mol. The zero-order valence-corrected chi connectivity index (χ0v) is 17.2. The van der Waals surface area contributed by atoms with Gasteiger partial charge in [-0.2, -0.15) is 0 Å². The molecule has 0 radical (unpaired) electrons. The fraction of sp³-hybridized carbons (Fsp3) is 0.167. The molecule has 2 aromatic carbocycles. The predicted molar refractivity (Wildman–Crippen MR) is 109 cm³/mol. The summed E-state index contributed by atoms with van der Waals surface area (Å²) < 4.78 is 18.1. The van der Waals surface area contributed by atoms with Gasteiger partial charge in [0.2, 0.25) is 5.89 Å². The number of hydrogen-bond acceptors (Lipinski definition) is 6. The first-order valence-electron chi connectivity index (χ1n) is 8.12. The molecule has 0 saturated heterocycles. The van der Waals surface area contributed by atoms with E-state index in [1.54, 1.807) is 26.4 Å². The molecule has 0 saturated carbocycles. The summed E-state index contributed by atoms with van der Waals surface area (Å²) in [4.78, 5) is 4.94. The first kappa shape index (κ1) is 18.8. The van der Waals surface area contributed by atoms with Gasteiger partial charge in [0.05, 0.1) is 35.3 Å². The Bertz CT molecular complexity index is 1230. The Balaban J connectivity index is 1.94. The van der Waals surface area contributed by atoms with E-state index in [1.165, 1.54) is 0 Å². The van der Waals surface area contributed by atoms with Crippen LogP contribution in [0.4, 0.5) is 0 Å². The summed E-state index contributed by atoms with van der Waals surface area (Å²) in [5.41, 5.74) is 2.28. The minimum atomic E-state index is 0.202. The van der Waals surface area contributed by atoms with Crippen LogP contribution in [0.1, 0.15) is 5.89 Å². The average Bonchev–Trinajstić information content (AvgIpc) is 3.25. The van der Waals surface area contributed by atoms with Crippen LogP contribution in [0.2, 0.25) is 10.0 Å². The van der Waals surface area contributed by atoms with E-state index in [4.69, 9.17) is 54.3 Å². The number of aromatic nitrogens is 4. The van der Waals surface area contributed by atoms with Crippen LogP contribution in [0.25, 0.3) is 22.4 Å². The Morgan fingerprint density at radius 2 is 1.86 bits per heavy atom. The van der Waals surface area contributed by atoms with E-state index in [2.05, 4.69) is 10.2 Å². The lowest BCUT2D eigenvalue weighted by Gasteiger charge is -2.11. The van der Waals surface area contributed by atoms with Crippen LogP contribution in [0, 0.1) is 4.84 Å². The molecule has 7 nitrogen and oxygen atoms in total. The largest absolute Gasteiger partial charge is 0.493 e. The van der Waals surface area contributed by atoms with E-state index in [1.807, 2.05) is 22.8 Å². The van der Waals surface area contributed by atoms with E-state index in [0.717, 1.165) is 11.1 Å². The van der Waals surface area contributed by atoms with Crippen LogP contribution in [0.15, 0.2) is 34.7 Å². The summed E-state index contributed by atoms with van der Waals surface area (Å²) in [6, 6.07) is 9.04. The quantitative estimate of drug-likeness (QED) is 0.437. The molecule has 0 unspecified atom stereocenters. The van der Waals surface area contributed by atoms with Crippen LogP contribution in [-0.2, 0) is 6.54 Å². The van der Waals surface area contributed by atoms with Crippen molar-refractivity contribution >= 4 is 46.5 Å². The third kappa shape index (κ3) is 3.34. The second-order valence-electron chi connectivity index (χ2n) is 5.85. The molecule has 0 atom stereocenters. The van der Waals surface area contributed by atoms with Gasteiger partial charge in [-0.25, -0.2) is 10.1 Å². The van der Waals surface area contributed by atoms with Crippen LogP contribution < -0.4 is 9.47 Å². The predicted octanol–water partition coefficient (Wildman–Crippen LogP) is 5.12. The number of nitrogens with one attached hydrogen (secondary N) is 1. The molecule has 0 aliphatic rings. The topological polar surface area (TPSA) is 78.1 Å². The molecule has 0 aliphatic heterocycles. The monoisotopic (exact) mass is 436 g/mol. The molecule has 0 aliphatic carbocycles. The number of rotatable bonds is 5. The first-order valence-corrected chi connectivity index (χ1v) is 9.28. The van der Waals surface area contributed by atoms with Crippen molar-refractivity contribution in [1.82, 2.24) is 19.7 Å². The van der Waals surface area contributed by atoms with Gasteiger partial charge in [0.15, 0.2) is 11.5 Å². The maximum atomic E-state index is 6.24. The molecule has 0 amide bonds. The lowest BCUT2D eigenvalue weighted by molar-refractivity contribution is 0.355. The van der Waals surface area contributed by atoms with Gasteiger partial charge in [0.25, 0.3) is 4.84 Å². The van der Waals surface area contributed by atoms with E-state index >= 15 is 0 Å². The number of aromatic amines is 1. The van der Waals surface area contributed by atoms with Crippen LogP contribution >= 0.6 is 35.4 Å². The van der Waals surface area contributed by atoms with E-state index in [0.29, 0.717) is 45.3 Å². The number of fused-ring (bicyclic) bond motifs is 1. The SMILES string of the molecule is COc1ccc(-c2nc3cc(Cl)c(Cl)cc3n2Cc2n[nH]c(=S)o2)cc1OC. The van der Waals surface area contributed by atoms with Crippen LogP contribution in [0.3, 0.4) is 0 Å². The van der Waals surface area contributed by atoms with Gasteiger partial charge in [-0.1, -0.05) is 23.2 Å². The Hall–Kier alpha value is -2.55. The van der Waals surface area contributed by atoms with Crippen molar-refractivity contribution in [3.63, 3.8) is 0 Å². The van der Waals surface area contributed by atoms with E-state index < -0.39 is 0 Å². The summed E-state index contributed by atoms with van der Waals surface area (Å²) >= 11 is 17.4. The van der Waals surface area contributed by atoms with Gasteiger partial charge in [-0.15, -0.1) is 5.10 Å². The zero-order valence-electron chi connectivity index (χ0n) is 14.8. The first-order chi connectivity index (χ1) is 13.5. The van der Waals surface area contributed by atoms with Crippen molar-refractivity contribution in [2.75, 3.05) is 14.2 Å². The lowest BCUT2D eigenvalue weighted by atomic mass is 10.2. The summed E-state index contributed by atoms with van der Waals surface area (Å²) in [5.74, 6) is 2.29. The minimum absolute atomic E-state index is 0.202. The Kier molecular flexibility index (Phi) is 5.01. The number of methoxy groups -OCH3 is 2. The lowest BCUT2D eigenvalue weighted by Crippen LogP contribution is -2.03. The summed E-state index contributed by atoms with van der Waals surface area (Å²) in [7, 11) is 3.17. The summed E-state index contributed by atoms with van der Waals surface area (Å²) in [6.07, 6.45) is 0. The molecule has 4 rings (SSSR count). The molecule has 0 spiro atoms. The molecule has 0 fully saturated rings. The highest BCUT2D eigenvalue weighted by Gasteiger charge is 2.18. The molecular formula is C18H14Cl2N4O3S.